The molecule has 0 spiro atoms. The average Bonchev–Trinajstić information content (AvgIpc) is 3.36. The summed E-state index contributed by atoms with van der Waals surface area (Å²) in [6.07, 6.45) is 7.48. The highest BCUT2D eigenvalue weighted by molar-refractivity contribution is 6.74. The van der Waals surface area contributed by atoms with E-state index in [9.17, 15) is 9.90 Å². The maximum absolute atomic E-state index is 15.0. The number of rotatable bonds is 10. The van der Waals surface area contributed by atoms with Gasteiger partial charge < -0.3 is 29.3 Å². The SMILES string of the molecule is CCCCOc1cncc2c1C(O)=C1C(=O)[C@]3(O[Si](C)(C)C(C)(C)C)C(=O)c4c(OCCCC)noc4[C@@H](N)[C@@H]3C[C@@H]1C2. The molecular weight excluding hydrogens is 566 g/mol. The first-order valence-corrected chi connectivity index (χ1v) is 18.4. The number of fused-ring (bicyclic) bond motifs is 4. The Morgan fingerprint density at radius 1 is 1.07 bits per heavy atom. The van der Waals surface area contributed by atoms with E-state index in [0.29, 0.717) is 37.4 Å². The molecule has 4 atom stereocenters. The number of pyridine rings is 1. The normalized spacial score (nSPS) is 25.2. The number of ketones is 2. The van der Waals surface area contributed by atoms with Gasteiger partial charge in [0.1, 0.15) is 17.1 Å². The zero-order chi connectivity index (χ0) is 31.3. The molecule has 43 heavy (non-hydrogen) atoms. The number of carbonyl (C=O) groups is 2. The zero-order valence-corrected chi connectivity index (χ0v) is 27.4. The maximum atomic E-state index is 15.0. The van der Waals surface area contributed by atoms with Crippen LogP contribution in [0.3, 0.4) is 0 Å². The number of hydrogen-bond acceptors (Lipinski definition) is 10. The molecule has 2 heterocycles. The number of nitrogens with two attached hydrogens (primary N) is 1. The molecule has 234 valence electrons. The number of Topliss-reactive ketones (excluding diaryl/α,β-unsaturated/α-hetero) is 2. The lowest BCUT2D eigenvalue weighted by Crippen LogP contribution is -2.68. The molecule has 0 bridgehead atoms. The predicted octanol–water partition coefficient (Wildman–Crippen LogP) is 6.11. The van der Waals surface area contributed by atoms with Gasteiger partial charge >= 0.3 is 0 Å². The van der Waals surface area contributed by atoms with Gasteiger partial charge in [0.05, 0.1) is 31.0 Å². The van der Waals surface area contributed by atoms with E-state index in [4.69, 9.17) is 24.2 Å². The summed E-state index contributed by atoms with van der Waals surface area (Å²) in [7, 11) is -2.78. The summed E-state index contributed by atoms with van der Waals surface area (Å²) < 4.78 is 24.5. The molecule has 11 heteroatoms. The third kappa shape index (κ3) is 5.03. The van der Waals surface area contributed by atoms with Crippen molar-refractivity contribution in [1.82, 2.24) is 10.1 Å². The quantitative estimate of drug-likeness (QED) is 0.183. The second-order valence-corrected chi connectivity index (χ2v) is 18.3. The van der Waals surface area contributed by atoms with Gasteiger partial charge in [0.25, 0.3) is 5.88 Å². The van der Waals surface area contributed by atoms with E-state index in [2.05, 4.69) is 37.8 Å². The number of aliphatic hydroxyl groups is 1. The zero-order valence-electron chi connectivity index (χ0n) is 26.4. The fourth-order valence-electron chi connectivity index (χ4n) is 6.27. The van der Waals surface area contributed by atoms with Crippen LogP contribution in [0.5, 0.6) is 11.6 Å². The second-order valence-electron chi connectivity index (χ2n) is 13.6. The van der Waals surface area contributed by atoms with Crippen LogP contribution in [-0.2, 0) is 15.6 Å². The fourth-order valence-corrected chi connectivity index (χ4v) is 7.72. The van der Waals surface area contributed by atoms with E-state index in [1.807, 2.05) is 20.0 Å². The summed E-state index contributed by atoms with van der Waals surface area (Å²) >= 11 is 0. The first-order chi connectivity index (χ1) is 20.3. The highest BCUT2D eigenvalue weighted by atomic mass is 28.4. The van der Waals surface area contributed by atoms with Crippen LogP contribution in [0.25, 0.3) is 5.76 Å². The van der Waals surface area contributed by atoms with Crippen molar-refractivity contribution >= 4 is 25.6 Å². The summed E-state index contributed by atoms with van der Waals surface area (Å²) in [4.78, 5) is 34.2. The van der Waals surface area contributed by atoms with Gasteiger partial charge in [-0.3, -0.25) is 14.6 Å². The summed E-state index contributed by atoms with van der Waals surface area (Å²) in [6.45, 7) is 15.1. The van der Waals surface area contributed by atoms with Gasteiger partial charge in [0.2, 0.25) is 11.6 Å². The van der Waals surface area contributed by atoms with Crippen LogP contribution < -0.4 is 15.2 Å². The molecule has 0 aliphatic heterocycles. The Hall–Kier alpha value is -3.02. The minimum absolute atomic E-state index is 0.0281. The van der Waals surface area contributed by atoms with Gasteiger partial charge in [-0.15, -0.1) is 0 Å². The molecule has 3 aliphatic carbocycles. The number of ether oxygens (including phenoxy) is 2. The van der Waals surface area contributed by atoms with E-state index >= 15 is 4.79 Å². The molecule has 0 amide bonds. The summed E-state index contributed by atoms with van der Waals surface area (Å²) in [6, 6.07) is -0.843. The van der Waals surface area contributed by atoms with Crippen molar-refractivity contribution in [1.29, 1.82) is 0 Å². The van der Waals surface area contributed by atoms with E-state index in [1.54, 1.807) is 12.4 Å². The first-order valence-electron chi connectivity index (χ1n) is 15.5. The van der Waals surface area contributed by atoms with Crippen molar-refractivity contribution in [2.45, 2.75) is 103 Å². The number of aliphatic hydroxyl groups excluding tert-OH is 1. The van der Waals surface area contributed by atoms with Gasteiger partial charge in [-0.2, -0.15) is 0 Å². The Morgan fingerprint density at radius 3 is 2.40 bits per heavy atom. The molecule has 0 unspecified atom stereocenters. The molecule has 3 aliphatic rings. The van der Waals surface area contributed by atoms with Crippen LogP contribution in [0.4, 0.5) is 0 Å². The highest BCUT2D eigenvalue weighted by Crippen LogP contribution is 2.57. The van der Waals surface area contributed by atoms with Gasteiger partial charge in [0, 0.05) is 17.7 Å². The van der Waals surface area contributed by atoms with Crippen molar-refractivity contribution in [2.24, 2.45) is 17.6 Å². The third-order valence-corrected chi connectivity index (χ3v) is 14.1. The number of aromatic nitrogens is 2. The number of carbonyl (C=O) groups excluding carboxylic acids is 2. The molecule has 3 N–H and O–H groups in total. The van der Waals surface area contributed by atoms with Crippen molar-refractivity contribution in [3.05, 3.63) is 40.4 Å². The third-order valence-electron chi connectivity index (χ3n) is 9.70. The fraction of sp³-hybridized carbons (Fsp3) is 0.625. The standard InChI is InChI=1S/C32H45N3O7Si/c1-8-10-12-39-21-17-34-16-19-14-18-15-20-25(33)27-24(30(35-41-27)40-13-11-9-2)29(38)32(20,42-43(6,7)31(3,4)5)28(37)23(18)26(36)22(19)21/h16-18,20,25,36H,8-15,33H2,1-7H3/t18-,20-,25-,32-/m0/s1. The summed E-state index contributed by atoms with van der Waals surface area (Å²) in [5, 5.41) is 15.6. The Balaban J connectivity index is 1.69. The lowest BCUT2D eigenvalue weighted by molar-refractivity contribution is -0.138. The second kappa shape index (κ2) is 11.5. The molecule has 2 aromatic rings. The molecule has 1 fully saturated rings. The van der Waals surface area contributed by atoms with Crippen LogP contribution in [-0.4, -0.2) is 53.9 Å². The van der Waals surface area contributed by atoms with Crippen LogP contribution >= 0.6 is 0 Å². The molecule has 0 saturated heterocycles. The van der Waals surface area contributed by atoms with E-state index in [0.717, 1.165) is 31.2 Å². The smallest absolute Gasteiger partial charge is 0.265 e. The van der Waals surface area contributed by atoms with Crippen LogP contribution in [0.2, 0.25) is 18.1 Å². The highest BCUT2D eigenvalue weighted by Gasteiger charge is 2.68. The van der Waals surface area contributed by atoms with E-state index in [1.165, 1.54) is 0 Å². The van der Waals surface area contributed by atoms with Crippen LogP contribution in [0, 0.1) is 11.8 Å². The molecule has 1 saturated carbocycles. The average molecular weight is 612 g/mol. The lowest BCUT2D eigenvalue weighted by atomic mass is 9.57. The van der Waals surface area contributed by atoms with Crippen LogP contribution in [0.15, 0.2) is 22.5 Å². The van der Waals surface area contributed by atoms with Gasteiger partial charge in [-0.25, -0.2) is 0 Å². The minimum atomic E-state index is -2.78. The molecular formula is C32H45N3O7Si. The van der Waals surface area contributed by atoms with Crippen molar-refractivity contribution < 1.29 is 33.1 Å². The lowest BCUT2D eigenvalue weighted by Gasteiger charge is -2.53. The van der Waals surface area contributed by atoms with Gasteiger partial charge in [0.15, 0.2) is 19.7 Å². The summed E-state index contributed by atoms with van der Waals surface area (Å²) in [5.74, 6) is -1.75. The first kappa shape index (κ1) is 31.4. The van der Waals surface area contributed by atoms with Crippen molar-refractivity contribution in [3.63, 3.8) is 0 Å². The predicted molar refractivity (Wildman–Crippen MR) is 164 cm³/mol. The Morgan fingerprint density at radius 2 is 1.74 bits per heavy atom. The molecule has 2 aromatic heterocycles. The number of unbranched alkanes of at least 4 members (excludes halogenated alkanes) is 2. The van der Waals surface area contributed by atoms with Crippen LogP contribution in [0.1, 0.15) is 100 Å². The number of nitrogens with zero attached hydrogens (tertiary/aromatic N) is 2. The molecule has 0 aromatic carbocycles. The molecule has 0 radical (unpaired) electrons. The van der Waals surface area contributed by atoms with E-state index < -0.39 is 43.4 Å². The molecule has 10 nitrogen and oxygen atoms in total. The van der Waals surface area contributed by atoms with Crippen molar-refractivity contribution in [3.8, 4) is 11.6 Å². The Kier molecular flexibility index (Phi) is 8.38. The molecule has 5 rings (SSSR count). The minimum Gasteiger partial charge on any atom is -0.507 e. The Bertz CT molecular complexity index is 1440. The number of hydrogen-bond donors (Lipinski definition) is 2. The Labute approximate surface area is 254 Å². The topological polar surface area (TPSA) is 147 Å². The van der Waals surface area contributed by atoms with Gasteiger partial charge in [-0.1, -0.05) is 47.5 Å². The van der Waals surface area contributed by atoms with E-state index in [-0.39, 0.29) is 33.6 Å². The van der Waals surface area contributed by atoms with Gasteiger partial charge in [-0.05, 0) is 60.5 Å². The monoisotopic (exact) mass is 611 g/mol. The summed E-state index contributed by atoms with van der Waals surface area (Å²) in [5.41, 5.74) is 6.41. The maximum Gasteiger partial charge on any atom is 0.265 e. The van der Waals surface area contributed by atoms with Crippen molar-refractivity contribution in [2.75, 3.05) is 13.2 Å². The largest absolute Gasteiger partial charge is 0.507 e.